The molecule has 0 N–H and O–H groups in total. The fourth-order valence-electron chi connectivity index (χ4n) is 4.13. The van der Waals surface area contributed by atoms with E-state index in [9.17, 15) is 9.59 Å². The molecule has 0 spiro atoms. The van der Waals surface area contributed by atoms with Crippen molar-refractivity contribution in [3.05, 3.63) is 71.7 Å². The molecule has 5 nitrogen and oxygen atoms in total. The van der Waals surface area contributed by atoms with Crippen LogP contribution < -0.4 is 4.90 Å². The molecule has 1 aromatic heterocycles. The molecule has 1 atom stereocenters. The van der Waals surface area contributed by atoms with Crippen LogP contribution in [0.15, 0.2) is 66.7 Å². The molecule has 150 valence electrons. The van der Waals surface area contributed by atoms with Gasteiger partial charge in [-0.1, -0.05) is 48.5 Å². The van der Waals surface area contributed by atoms with E-state index in [1.54, 1.807) is 28.2 Å². The van der Waals surface area contributed by atoms with Crippen molar-refractivity contribution in [2.75, 3.05) is 18.5 Å². The number of hydrogen-bond donors (Lipinski definition) is 0. The standard InChI is InChI=1S/C24H21N3O2S/c1-26(15-22-25-19-10-4-5-12-21(19)30-22)24(29)17-13-23(28)27(14-17)20-11-6-8-16-7-2-3-9-18(16)20/h2-12,17H,13-15H2,1H3/t17-/m1/s1. The minimum Gasteiger partial charge on any atom is -0.339 e. The molecule has 0 aliphatic carbocycles. The van der Waals surface area contributed by atoms with Gasteiger partial charge in [-0.15, -0.1) is 11.3 Å². The number of thiazole rings is 1. The van der Waals surface area contributed by atoms with E-state index in [-0.39, 0.29) is 24.2 Å². The van der Waals surface area contributed by atoms with Crippen LogP contribution in [-0.2, 0) is 16.1 Å². The Balaban J connectivity index is 1.33. The quantitative estimate of drug-likeness (QED) is 0.494. The van der Waals surface area contributed by atoms with Crippen LogP contribution in [0.5, 0.6) is 0 Å². The third-order valence-corrected chi connectivity index (χ3v) is 6.64. The highest BCUT2D eigenvalue weighted by Crippen LogP contribution is 2.32. The smallest absolute Gasteiger partial charge is 0.228 e. The van der Waals surface area contributed by atoms with Crippen LogP contribution in [0, 0.1) is 5.92 Å². The van der Waals surface area contributed by atoms with E-state index < -0.39 is 0 Å². The van der Waals surface area contributed by atoms with Gasteiger partial charge in [0.1, 0.15) is 5.01 Å². The largest absolute Gasteiger partial charge is 0.339 e. The number of anilines is 1. The SMILES string of the molecule is CN(Cc1nc2ccccc2s1)C(=O)[C@@H]1CC(=O)N(c2cccc3ccccc23)C1. The molecule has 3 aromatic carbocycles. The number of nitrogens with zero attached hydrogens (tertiary/aromatic N) is 3. The van der Waals surface area contributed by atoms with Crippen molar-refractivity contribution in [2.24, 2.45) is 5.92 Å². The van der Waals surface area contributed by atoms with Gasteiger partial charge in [-0.25, -0.2) is 4.98 Å². The van der Waals surface area contributed by atoms with Crippen LogP contribution >= 0.6 is 11.3 Å². The molecule has 6 heteroatoms. The molecular weight excluding hydrogens is 394 g/mol. The molecule has 0 bridgehead atoms. The van der Waals surface area contributed by atoms with Crippen LogP contribution in [0.3, 0.4) is 0 Å². The Morgan fingerprint density at radius 3 is 2.73 bits per heavy atom. The van der Waals surface area contributed by atoms with Crippen molar-refractivity contribution in [1.82, 2.24) is 9.88 Å². The van der Waals surface area contributed by atoms with Crippen molar-refractivity contribution in [3.63, 3.8) is 0 Å². The van der Waals surface area contributed by atoms with Crippen LogP contribution in [0.2, 0.25) is 0 Å². The summed E-state index contributed by atoms with van der Waals surface area (Å²) >= 11 is 1.60. The lowest BCUT2D eigenvalue weighted by molar-refractivity contribution is -0.135. The number of carbonyl (C=O) groups is 2. The maximum absolute atomic E-state index is 13.1. The predicted molar refractivity (Wildman–Crippen MR) is 121 cm³/mol. The van der Waals surface area contributed by atoms with E-state index >= 15 is 0 Å². The number of carbonyl (C=O) groups excluding carboxylic acids is 2. The zero-order valence-corrected chi connectivity index (χ0v) is 17.4. The lowest BCUT2D eigenvalue weighted by atomic mass is 10.1. The first-order chi connectivity index (χ1) is 14.6. The first-order valence-corrected chi connectivity index (χ1v) is 10.8. The molecule has 0 radical (unpaired) electrons. The second-order valence-corrected chi connectivity index (χ2v) is 8.79. The van der Waals surface area contributed by atoms with E-state index in [0.29, 0.717) is 13.1 Å². The van der Waals surface area contributed by atoms with Gasteiger partial charge < -0.3 is 9.80 Å². The number of aromatic nitrogens is 1. The summed E-state index contributed by atoms with van der Waals surface area (Å²) in [5.74, 6) is -0.348. The van der Waals surface area contributed by atoms with Gasteiger partial charge >= 0.3 is 0 Å². The summed E-state index contributed by atoms with van der Waals surface area (Å²) < 4.78 is 1.12. The summed E-state index contributed by atoms with van der Waals surface area (Å²) in [6.07, 6.45) is 0.242. The van der Waals surface area contributed by atoms with Crippen LogP contribution in [0.4, 0.5) is 5.69 Å². The third-order valence-electron chi connectivity index (χ3n) is 5.62. The van der Waals surface area contributed by atoms with Crippen molar-refractivity contribution >= 4 is 49.8 Å². The Hall–Kier alpha value is -3.25. The molecule has 2 heterocycles. The molecule has 5 rings (SSSR count). The topological polar surface area (TPSA) is 53.5 Å². The van der Waals surface area contributed by atoms with Gasteiger partial charge in [-0.05, 0) is 23.6 Å². The second-order valence-electron chi connectivity index (χ2n) is 7.67. The number of benzene rings is 3. The summed E-state index contributed by atoms with van der Waals surface area (Å²) in [6.45, 7) is 0.868. The van der Waals surface area contributed by atoms with Gasteiger partial charge in [-0.2, -0.15) is 0 Å². The first-order valence-electron chi connectivity index (χ1n) is 9.98. The lowest BCUT2D eigenvalue weighted by Gasteiger charge is -2.21. The third kappa shape index (κ3) is 3.33. The molecule has 1 fully saturated rings. The fourth-order valence-corrected chi connectivity index (χ4v) is 5.15. The number of amides is 2. The lowest BCUT2D eigenvalue weighted by Crippen LogP contribution is -2.34. The molecule has 1 aliphatic heterocycles. The first kappa shape index (κ1) is 18.8. The number of para-hydroxylation sites is 1. The Kier molecular flexibility index (Phi) is 4.71. The van der Waals surface area contributed by atoms with Crippen molar-refractivity contribution in [1.29, 1.82) is 0 Å². The van der Waals surface area contributed by atoms with Crippen molar-refractivity contribution < 1.29 is 9.59 Å². The van der Waals surface area contributed by atoms with Crippen molar-refractivity contribution in [3.8, 4) is 0 Å². The summed E-state index contributed by atoms with van der Waals surface area (Å²) in [4.78, 5) is 33.9. The van der Waals surface area contributed by atoms with Gasteiger partial charge in [0, 0.05) is 25.4 Å². The Morgan fingerprint density at radius 2 is 1.87 bits per heavy atom. The van der Waals surface area contributed by atoms with E-state index in [2.05, 4.69) is 4.98 Å². The zero-order chi connectivity index (χ0) is 20.7. The zero-order valence-electron chi connectivity index (χ0n) is 16.6. The Bertz CT molecular complexity index is 1230. The molecule has 1 aliphatic rings. The number of rotatable bonds is 4. The van der Waals surface area contributed by atoms with E-state index in [0.717, 1.165) is 31.7 Å². The normalized spacial score (nSPS) is 16.5. The number of hydrogen-bond acceptors (Lipinski definition) is 4. The molecule has 2 amide bonds. The molecule has 30 heavy (non-hydrogen) atoms. The predicted octanol–water partition coefficient (Wildman–Crippen LogP) is 4.46. The average Bonchev–Trinajstić information content (AvgIpc) is 3.35. The minimum atomic E-state index is -0.337. The van der Waals surface area contributed by atoms with E-state index in [4.69, 9.17) is 0 Å². The van der Waals surface area contributed by atoms with Gasteiger partial charge in [0.15, 0.2) is 0 Å². The maximum Gasteiger partial charge on any atom is 0.228 e. The summed E-state index contributed by atoms with van der Waals surface area (Å²) in [5.41, 5.74) is 1.83. The van der Waals surface area contributed by atoms with Gasteiger partial charge in [-0.3, -0.25) is 9.59 Å². The molecule has 0 unspecified atom stereocenters. The van der Waals surface area contributed by atoms with Gasteiger partial charge in [0.05, 0.1) is 28.4 Å². The van der Waals surface area contributed by atoms with Crippen LogP contribution in [0.25, 0.3) is 21.0 Å². The van der Waals surface area contributed by atoms with Crippen LogP contribution in [0.1, 0.15) is 11.4 Å². The molecular formula is C24H21N3O2S. The Morgan fingerprint density at radius 1 is 1.10 bits per heavy atom. The maximum atomic E-state index is 13.1. The van der Waals surface area contributed by atoms with Gasteiger partial charge in [0.2, 0.25) is 11.8 Å². The van der Waals surface area contributed by atoms with E-state index in [1.165, 1.54) is 0 Å². The summed E-state index contributed by atoms with van der Waals surface area (Å²) in [5, 5.41) is 3.03. The van der Waals surface area contributed by atoms with Gasteiger partial charge in [0.25, 0.3) is 0 Å². The van der Waals surface area contributed by atoms with Crippen molar-refractivity contribution in [2.45, 2.75) is 13.0 Å². The highest BCUT2D eigenvalue weighted by atomic mass is 32.1. The average molecular weight is 416 g/mol. The van der Waals surface area contributed by atoms with E-state index in [1.807, 2.05) is 66.7 Å². The molecule has 1 saturated heterocycles. The minimum absolute atomic E-state index is 0.00177. The monoisotopic (exact) mass is 415 g/mol. The summed E-state index contributed by atoms with van der Waals surface area (Å²) in [7, 11) is 1.79. The highest BCUT2D eigenvalue weighted by molar-refractivity contribution is 7.18. The molecule has 0 saturated carbocycles. The molecule has 4 aromatic rings. The number of fused-ring (bicyclic) bond motifs is 2. The Labute approximate surface area is 178 Å². The second kappa shape index (κ2) is 7.54. The van der Waals surface area contributed by atoms with Crippen LogP contribution in [-0.4, -0.2) is 35.3 Å². The highest BCUT2D eigenvalue weighted by Gasteiger charge is 2.37. The summed E-state index contributed by atoms with van der Waals surface area (Å²) in [6, 6.07) is 21.9. The fraction of sp³-hybridized carbons (Fsp3) is 0.208.